The van der Waals surface area contributed by atoms with Crippen LogP contribution < -0.4 is 5.73 Å². The van der Waals surface area contributed by atoms with Crippen LogP contribution in [0.25, 0.3) is 33.1 Å². The van der Waals surface area contributed by atoms with E-state index in [2.05, 4.69) is 20.3 Å². The maximum absolute atomic E-state index is 12.8. The average Bonchev–Trinajstić information content (AvgIpc) is 3.16. The van der Waals surface area contributed by atoms with Gasteiger partial charge in [-0.25, -0.2) is 13.8 Å². The fourth-order valence-electron chi connectivity index (χ4n) is 2.72. The lowest BCUT2D eigenvalue weighted by atomic mass is 10.1. The average molecular weight is 314 g/mol. The molecule has 0 unspecified atom stereocenters. The van der Waals surface area contributed by atoms with Crippen LogP contribution in [0.3, 0.4) is 0 Å². The van der Waals surface area contributed by atoms with Gasteiger partial charge in [0.2, 0.25) is 0 Å². The Morgan fingerprint density at radius 3 is 2.83 bits per heavy atom. The molecule has 0 saturated heterocycles. The van der Waals surface area contributed by atoms with Crippen molar-refractivity contribution in [1.82, 2.24) is 25.0 Å². The molecule has 4 aromatic rings. The second-order valence-electron chi connectivity index (χ2n) is 5.18. The minimum atomic E-state index is -2.49. The van der Waals surface area contributed by atoms with Crippen LogP contribution in [-0.2, 0) is 6.54 Å². The molecule has 8 heteroatoms. The van der Waals surface area contributed by atoms with Crippen molar-refractivity contribution in [2.45, 2.75) is 13.0 Å². The number of nitrogen functional groups attached to an aromatic ring is 1. The SMILES string of the molecule is Nc1nc2cc(-c3ccn[nH]3)ccc2c2c1cnn2CC(F)F. The molecular weight excluding hydrogens is 302 g/mol. The van der Waals surface area contributed by atoms with E-state index in [0.29, 0.717) is 16.4 Å². The number of rotatable bonds is 3. The molecule has 4 rings (SSSR count). The summed E-state index contributed by atoms with van der Waals surface area (Å²) in [5, 5.41) is 12.1. The molecule has 0 bridgehead atoms. The number of alkyl halides is 2. The first-order valence-electron chi connectivity index (χ1n) is 6.96. The summed E-state index contributed by atoms with van der Waals surface area (Å²) in [7, 11) is 0. The summed E-state index contributed by atoms with van der Waals surface area (Å²) in [4.78, 5) is 4.37. The van der Waals surface area contributed by atoms with Crippen molar-refractivity contribution in [1.29, 1.82) is 0 Å². The van der Waals surface area contributed by atoms with Gasteiger partial charge in [0, 0.05) is 17.1 Å². The number of hydrogen-bond acceptors (Lipinski definition) is 4. The lowest BCUT2D eigenvalue weighted by molar-refractivity contribution is 0.123. The summed E-state index contributed by atoms with van der Waals surface area (Å²) in [6, 6.07) is 7.40. The van der Waals surface area contributed by atoms with Gasteiger partial charge in [-0.05, 0) is 18.2 Å². The van der Waals surface area contributed by atoms with Crippen LogP contribution in [0.15, 0.2) is 36.7 Å². The first kappa shape index (κ1) is 13.6. The molecular formula is C15H12F2N6. The second-order valence-corrected chi connectivity index (χ2v) is 5.18. The highest BCUT2D eigenvalue weighted by Gasteiger charge is 2.15. The topological polar surface area (TPSA) is 85.4 Å². The highest BCUT2D eigenvalue weighted by molar-refractivity contribution is 6.08. The summed E-state index contributed by atoms with van der Waals surface area (Å²) in [5.74, 6) is 0.273. The third kappa shape index (κ3) is 2.19. The minimum absolute atomic E-state index is 0.273. The van der Waals surface area contributed by atoms with Crippen molar-refractivity contribution in [2.24, 2.45) is 0 Å². The Balaban J connectivity index is 1.99. The summed E-state index contributed by atoms with van der Waals surface area (Å²) < 4.78 is 26.8. The van der Waals surface area contributed by atoms with Gasteiger partial charge in [-0.15, -0.1) is 0 Å². The summed E-state index contributed by atoms with van der Waals surface area (Å²) in [6.45, 7) is -0.482. The van der Waals surface area contributed by atoms with E-state index in [9.17, 15) is 8.78 Å². The molecule has 0 aliphatic heterocycles. The first-order valence-corrected chi connectivity index (χ1v) is 6.96. The zero-order valence-electron chi connectivity index (χ0n) is 11.9. The monoisotopic (exact) mass is 314 g/mol. The number of pyridine rings is 1. The van der Waals surface area contributed by atoms with E-state index in [0.717, 1.165) is 16.6 Å². The van der Waals surface area contributed by atoms with Gasteiger partial charge in [0.05, 0.1) is 28.3 Å². The van der Waals surface area contributed by atoms with Gasteiger partial charge in [0.25, 0.3) is 6.43 Å². The quantitative estimate of drug-likeness (QED) is 0.609. The number of anilines is 1. The number of aromatic nitrogens is 5. The van der Waals surface area contributed by atoms with Crippen LogP contribution in [0.2, 0.25) is 0 Å². The number of nitrogens with two attached hydrogens (primary N) is 1. The van der Waals surface area contributed by atoms with Gasteiger partial charge in [-0.3, -0.25) is 9.78 Å². The van der Waals surface area contributed by atoms with Gasteiger partial charge in [0.1, 0.15) is 12.4 Å². The molecule has 3 heterocycles. The molecule has 3 N–H and O–H groups in total. The van der Waals surface area contributed by atoms with Crippen molar-refractivity contribution in [3.05, 3.63) is 36.7 Å². The van der Waals surface area contributed by atoms with Gasteiger partial charge in [-0.1, -0.05) is 6.07 Å². The van der Waals surface area contributed by atoms with Gasteiger partial charge in [0.15, 0.2) is 0 Å². The van der Waals surface area contributed by atoms with Gasteiger partial charge in [-0.2, -0.15) is 10.2 Å². The first-order chi connectivity index (χ1) is 11.1. The number of fused-ring (bicyclic) bond motifs is 3. The fraction of sp³-hybridized carbons (Fsp3) is 0.133. The number of hydrogen-bond donors (Lipinski definition) is 2. The molecule has 0 amide bonds. The maximum Gasteiger partial charge on any atom is 0.257 e. The third-order valence-corrected chi connectivity index (χ3v) is 3.73. The number of halogens is 2. The highest BCUT2D eigenvalue weighted by atomic mass is 19.3. The zero-order valence-corrected chi connectivity index (χ0v) is 11.9. The molecule has 0 saturated carbocycles. The smallest absolute Gasteiger partial charge is 0.257 e. The number of nitrogens with one attached hydrogen (secondary N) is 1. The van der Waals surface area contributed by atoms with Crippen LogP contribution in [0.5, 0.6) is 0 Å². The van der Waals surface area contributed by atoms with Crippen LogP contribution in [-0.4, -0.2) is 31.4 Å². The predicted octanol–water partition coefficient (Wildman–Crippen LogP) is 2.82. The van der Waals surface area contributed by atoms with E-state index in [1.165, 1.54) is 10.9 Å². The number of benzene rings is 1. The Morgan fingerprint density at radius 2 is 2.09 bits per heavy atom. The molecule has 0 spiro atoms. The molecule has 0 atom stereocenters. The molecule has 0 aliphatic carbocycles. The van der Waals surface area contributed by atoms with Crippen LogP contribution in [0.4, 0.5) is 14.6 Å². The fourth-order valence-corrected chi connectivity index (χ4v) is 2.72. The molecule has 23 heavy (non-hydrogen) atoms. The summed E-state index contributed by atoms with van der Waals surface area (Å²) in [6.07, 6.45) is 0.636. The van der Waals surface area contributed by atoms with Crippen molar-refractivity contribution in [2.75, 3.05) is 5.73 Å². The second kappa shape index (κ2) is 5.01. The molecule has 6 nitrogen and oxygen atoms in total. The van der Waals surface area contributed by atoms with Crippen molar-refractivity contribution in [3.63, 3.8) is 0 Å². The predicted molar refractivity (Wildman–Crippen MR) is 83.0 cm³/mol. The van der Waals surface area contributed by atoms with Crippen LogP contribution >= 0.6 is 0 Å². The van der Waals surface area contributed by atoms with Gasteiger partial charge < -0.3 is 5.73 Å². The Morgan fingerprint density at radius 1 is 1.22 bits per heavy atom. The molecule has 0 radical (unpaired) electrons. The van der Waals surface area contributed by atoms with E-state index in [1.807, 2.05) is 24.3 Å². The molecule has 116 valence electrons. The number of H-pyrrole nitrogens is 1. The highest BCUT2D eigenvalue weighted by Crippen LogP contribution is 2.30. The third-order valence-electron chi connectivity index (χ3n) is 3.73. The Hall–Kier alpha value is -3.03. The molecule has 0 fully saturated rings. The summed E-state index contributed by atoms with van der Waals surface area (Å²) >= 11 is 0. The summed E-state index contributed by atoms with van der Waals surface area (Å²) in [5.41, 5.74) is 8.89. The van der Waals surface area contributed by atoms with E-state index in [1.54, 1.807) is 6.20 Å². The molecule has 3 aromatic heterocycles. The number of nitrogens with zero attached hydrogens (tertiary/aromatic N) is 4. The number of aromatic amines is 1. The van der Waals surface area contributed by atoms with E-state index in [-0.39, 0.29) is 5.82 Å². The minimum Gasteiger partial charge on any atom is -0.383 e. The van der Waals surface area contributed by atoms with E-state index < -0.39 is 13.0 Å². The van der Waals surface area contributed by atoms with Crippen molar-refractivity contribution in [3.8, 4) is 11.3 Å². The van der Waals surface area contributed by atoms with Crippen molar-refractivity contribution >= 4 is 27.6 Å². The van der Waals surface area contributed by atoms with E-state index in [4.69, 9.17) is 5.73 Å². The molecule has 0 aliphatic rings. The molecule has 1 aromatic carbocycles. The zero-order chi connectivity index (χ0) is 16.0. The lowest BCUT2D eigenvalue weighted by Gasteiger charge is -2.08. The maximum atomic E-state index is 12.8. The van der Waals surface area contributed by atoms with Gasteiger partial charge >= 0.3 is 0 Å². The normalized spacial score (nSPS) is 11.8. The Labute approximate surface area is 128 Å². The Kier molecular flexibility index (Phi) is 2.97. The van der Waals surface area contributed by atoms with Crippen molar-refractivity contribution < 1.29 is 8.78 Å². The van der Waals surface area contributed by atoms with E-state index >= 15 is 0 Å². The Bertz CT molecular complexity index is 990. The van der Waals surface area contributed by atoms with Crippen LogP contribution in [0.1, 0.15) is 0 Å². The largest absolute Gasteiger partial charge is 0.383 e. The van der Waals surface area contributed by atoms with Crippen LogP contribution in [0, 0.1) is 0 Å². The lowest BCUT2D eigenvalue weighted by Crippen LogP contribution is -2.08. The standard InChI is InChI=1S/C15H12F2N6/c16-13(17)7-23-14-9-2-1-8(11-3-4-19-22-11)5-12(9)21-15(18)10(14)6-20-23/h1-6,13H,7H2,(H2,18,21)(H,19,22).